The van der Waals surface area contributed by atoms with Gasteiger partial charge < -0.3 is 11.5 Å². The van der Waals surface area contributed by atoms with E-state index in [9.17, 15) is 0 Å². The Hall–Kier alpha value is -2.07. The maximum absolute atomic E-state index is 5.97. The fourth-order valence-electron chi connectivity index (χ4n) is 1.76. The van der Waals surface area contributed by atoms with E-state index in [1.54, 1.807) is 0 Å². The summed E-state index contributed by atoms with van der Waals surface area (Å²) in [6.07, 6.45) is 7.68. The van der Waals surface area contributed by atoms with Crippen molar-refractivity contribution in [2.24, 2.45) is 16.6 Å². The highest BCUT2D eigenvalue weighted by Crippen LogP contribution is 2.12. The van der Waals surface area contributed by atoms with E-state index in [1.807, 2.05) is 42.5 Å². The predicted octanol–water partition coefficient (Wildman–Crippen LogP) is 1.78. The molecule has 0 saturated carbocycles. The smallest absolute Gasteiger partial charge is 0.146 e. The van der Waals surface area contributed by atoms with Crippen molar-refractivity contribution in [2.75, 3.05) is 0 Å². The largest absolute Gasteiger partial charge is 0.382 e. The van der Waals surface area contributed by atoms with Crippen LogP contribution < -0.4 is 16.9 Å². The van der Waals surface area contributed by atoms with E-state index in [4.69, 9.17) is 11.5 Å². The first-order chi connectivity index (χ1) is 8.77. The quantitative estimate of drug-likeness (QED) is 0.326. The van der Waals surface area contributed by atoms with Crippen LogP contribution >= 0.6 is 0 Å². The van der Waals surface area contributed by atoms with Crippen LogP contribution in [0.1, 0.15) is 24.6 Å². The van der Waals surface area contributed by atoms with E-state index in [-0.39, 0.29) is 6.17 Å². The summed E-state index contributed by atoms with van der Waals surface area (Å²) in [4.78, 5) is 0. The molecule has 0 fully saturated rings. The van der Waals surface area contributed by atoms with E-state index in [0.29, 0.717) is 5.84 Å². The van der Waals surface area contributed by atoms with Gasteiger partial charge in [-0.25, -0.2) is 0 Å². The maximum atomic E-state index is 5.97. The van der Waals surface area contributed by atoms with Crippen molar-refractivity contribution in [2.45, 2.75) is 19.0 Å². The van der Waals surface area contributed by atoms with Gasteiger partial charge in [0.25, 0.3) is 0 Å². The van der Waals surface area contributed by atoms with Gasteiger partial charge in [-0.3, -0.25) is 5.43 Å². The predicted molar refractivity (Wildman–Crippen MR) is 74.6 cm³/mol. The van der Waals surface area contributed by atoms with Gasteiger partial charge >= 0.3 is 0 Å². The Morgan fingerprint density at radius 2 is 2.06 bits per heavy atom. The first kappa shape index (κ1) is 12.4. The van der Waals surface area contributed by atoms with E-state index < -0.39 is 0 Å². The second-order valence-electron chi connectivity index (χ2n) is 4.17. The lowest BCUT2D eigenvalue weighted by molar-refractivity contribution is 0.579. The van der Waals surface area contributed by atoms with Gasteiger partial charge in [0.1, 0.15) is 12.0 Å². The Morgan fingerprint density at radius 3 is 2.72 bits per heavy atom. The minimum atomic E-state index is -0.343. The van der Waals surface area contributed by atoms with Crippen LogP contribution in [-0.4, -0.2) is 5.84 Å². The number of nitrogens with zero attached hydrogens (tertiary/aromatic N) is 1. The number of allylic oxidation sites excluding steroid dienone is 3. The average Bonchev–Trinajstić information content (AvgIpc) is 2.46. The van der Waals surface area contributed by atoms with Gasteiger partial charge in [-0.1, -0.05) is 48.6 Å². The molecular weight excluding hydrogens is 224 g/mol. The molecule has 94 valence electrons. The number of hydrazone groups is 1. The van der Waals surface area contributed by atoms with E-state index >= 15 is 0 Å². The van der Waals surface area contributed by atoms with E-state index in [1.165, 1.54) is 0 Å². The third-order valence-corrected chi connectivity index (χ3v) is 2.83. The molecule has 0 spiro atoms. The second-order valence-corrected chi connectivity index (χ2v) is 4.17. The molecule has 0 bridgehead atoms. The monoisotopic (exact) mass is 242 g/mol. The van der Waals surface area contributed by atoms with E-state index in [0.717, 1.165) is 24.0 Å². The summed E-state index contributed by atoms with van der Waals surface area (Å²) in [5.74, 6) is 0.505. The molecule has 18 heavy (non-hydrogen) atoms. The molecule has 0 saturated heterocycles. The van der Waals surface area contributed by atoms with Crippen LogP contribution in [0.3, 0.4) is 0 Å². The molecule has 1 unspecified atom stereocenters. The fraction of sp³-hybridized carbons (Fsp3) is 0.214. The highest BCUT2D eigenvalue weighted by Gasteiger charge is 2.06. The molecule has 5 N–H and O–H groups in total. The van der Waals surface area contributed by atoms with Gasteiger partial charge in [0.15, 0.2) is 0 Å². The molecule has 1 aliphatic rings. The van der Waals surface area contributed by atoms with Crippen LogP contribution in [0.25, 0.3) is 0 Å². The highest BCUT2D eigenvalue weighted by atomic mass is 15.4. The Labute approximate surface area is 107 Å². The highest BCUT2D eigenvalue weighted by molar-refractivity contribution is 5.97. The molecule has 1 atom stereocenters. The second kappa shape index (κ2) is 6.02. The Kier molecular flexibility index (Phi) is 4.15. The lowest BCUT2D eigenvalue weighted by Crippen LogP contribution is -2.28. The standard InChI is InChI=1S/C14H18N4/c15-13(11-7-3-1-4-8-11)17-18-14(16)12-9-5-2-6-10-12/h1-5,7-9,13,17H,6,10,15H2,(H2,16,18). The summed E-state index contributed by atoms with van der Waals surface area (Å²) in [5.41, 5.74) is 16.8. The first-order valence-corrected chi connectivity index (χ1v) is 6.02. The molecule has 0 aromatic heterocycles. The summed E-state index contributed by atoms with van der Waals surface area (Å²) >= 11 is 0. The minimum absolute atomic E-state index is 0.343. The lowest BCUT2D eigenvalue weighted by atomic mass is 10.0. The fourth-order valence-corrected chi connectivity index (χ4v) is 1.76. The SMILES string of the molecule is NC(=NNC(N)c1ccccc1)C1=CC=CCC1. The van der Waals surface area contributed by atoms with Crippen molar-refractivity contribution in [3.63, 3.8) is 0 Å². The van der Waals surface area contributed by atoms with Gasteiger partial charge in [-0.15, -0.1) is 0 Å². The topological polar surface area (TPSA) is 76.4 Å². The molecule has 0 aliphatic heterocycles. The summed E-state index contributed by atoms with van der Waals surface area (Å²) < 4.78 is 0. The van der Waals surface area contributed by atoms with Crippen molar-refractivity contribution in [1.82, 2.24) is 5.43 Å². The lowest BCUT2D eigenvalue weighted by Gasteiger charge is -2.13. The summed E-state index contributed by atoms with van der Waals surface area (Å²) in [6, 6.07) is 9.74. The number of benzene rings is 1. The maximum Gasteiger partial charge on any atom is 0.146 e. The zero-order valence-electron chi connectivity index (χ0n) is 10.2. The normalized spacial score (nSPS) is 17.2. The van der Waals surface area contributed by atoms with Gasteiger partial charge in [-0.05, 0) is 24.0 Å². The molecule has 0 radical (unpaired) electrons. The third kappa shape index (κ3) is 3.21. The molecular formula is C14H18N4. The number of nitrogens with one attached hydrogen (secondary N) is 1. The number of hydrogen-bond acceptors (Lipinski definition) is 3. The van der Waals surface area contributed by atoms with E-state index in [2.05, 4.69) is 16.6 Å². The van der Waals surface area contributed by atoms with Crippen LogP contribution in [0.2, 0.25) is 0 Å². The van der Waals surface area contributed by atoms with Gasteiger partial charge in [0, 0.05) is 0 Å². The Morgan fingerprint density at radius 1 is 1.28 bits per heavy atom. The zero-order valence-corrected chi connectivity index (χ0v) is 10.2. The molecule has 1 aromatic rings. The van der Waals surface area contributed by atoms with Crippen molar-refractivity contribution in [3.8, 4) is 0 Å². The molecule has 0 heterocycles. The molecule has 4 heteroatoms. The van der Waals surface area contributed by atoms with Crippen molar-refractivity contribution >= 4 is 5.84 Å². The van der Waals surface area contributed by atoms with Gasteiger partial charge in [0.2, 0.25) is 0 Å². The Balaban J connectivity index is 1.98. The van der Waals surface area contributed by atoms with Crippen LogP contribution in [-0.2, 0) is 0 Å². The summed E-state index contributed by atoms with van der Waals surface area (Å²) in [5, 5.41) is 4.14. The Bertz CT molecular complexity index is 474. The van der Waals surface area contributed by atoms with Crippen LogP contribution in [0.15, 0.2) is 59.2 Å². The minimum Gasteiger partial charge on any atom is -0.382 e. The summed E-state index contributed by atoms with van der Waals surface area (Å²) in [6.45, 7) is 0. The first-order valence-electron chi connectivity index (χ1n) is 6.02. The van der Waals surface area contributed by atoms with Gasteiger partial charge in [0.05, 0.1) is 0 Å². The molecule has 0 amide bonds. The van der Waals surface area contributed by atoms with Gasteiger partial charge in [-0.2, -0.15) is 5.10 Å². The zero-order chi connectivity index (χ0) is 12.8. The molecule has 2 rings (SSSR count). The molecule has 1 aromatic carbocycles. The number of nitrogens with two attached hydrogens (primary N) is 2. The van der Waals surface area contributed by atoms with Crippen LogP contribution in [0.5, 0.6) is 0 Å². The summed E-state index contributed by atoms with van der Waals surface area (Å²) in [7, 11) is 0. The van der Waals surface area contributed by atoms with Crippen LogP contribution in [0.4, 0.5) is 0 Å². The number of rotatable bonds is 4. The number of hydrogen-bond donors (Lipinski definition) is 3. The number of amidine groups is 1. The molecule has 1 aliphatic carbocycles. The van der Waals surface area contributed by atoms with Crippen molar-refractivity contribution < 1.29 is 0 Å². The average molecular weight is 242 g/mol. The molecule has 4 nitrogen and oxygen atoms in total. The van der Waals surface area contributed by atoms with Crippen LogP contribution in [0, 0.1) is 0 Å². The third-order valence-electron chi connectivity index (χ3n) is 2.83. The van der Waals surface area contributed by atoms with Crippen molar-refractivity contribution in [3.05, 3.63) is 59.7 Å². The van der Waals surface area contributed by atoms with Crippen molar-refractivity contribution in [1.29, 1.82) is 0 Å².